The minimum absolute atomic E-state index is 0.0889. The van der Waals surface area contributed by atoms with E-state index < -0.39 is 15.6 Å². The first kappa shape index (κ1) is 19.3. The first-order valence-corrected chi connectivity index (χ1v) is 10.3. The number of rotatable bonds is 8. The Balaban J connectivity index is 2.00. The average Bonchev–Trinajstić information content (AvgIpc) is 3.38. The summed E-state index contributed by atoms with van der Waals surface area (Å²) >= 11 is 10.5. The quantitative estimate of drug-likeness (QED) is 0.487. The van der Waals surface area contributed by atoms with Crippen molar-refractivity contribution in [3.8, 4) is 0 Å². The van der Waals surface area contributed by atoms with E-state index in [1.165, 1.54) is 4.90 Å². The highest BCUT2D eigenvalue weighted by Crippen LogP contribution is 2.32. The van der Waals surface area contributed by atoms with Crippen molar-refractivity contribution in [3.63, 3.8) is 0 Å². The van der Waals surface area contributed by atoms with Crippen molar-refractivity contribution in [1.82, 2.24) is 9.80 Å². The molecule has 2 fully saturated rings. The van der Waals surface area contributed by atoms with Crippen LogP contribution >= 0.6 is 24.4 Å². The number of thiocarbonyl (C=S) groups is 2. The summed E-state index contributed by atoms with van der Waals surface area (Å²) in [5.74, 6) is -0.271. The van der Waals surface area contributed by atoms with Crippen LogP contribution in [-0.4, -0.2) is 60.5 Å². The zero-order chi connectivity index (χ0) is 18.1. The lowest BCUT2D eigenvalue weighted by atomic mass is 10.3. The monoisotopic (exact) mass is 389 g/mol. The lowest BCUT2D eigenvalue weighted by molar-refractivity contribution is -0.115. The van der Waals surface area contributed by atoms with E-state index in [2.05, 4.69) is 0 Å². The summed E-state index contributed by atoms with van der Waals surface area (Å²) in [7, 11) is -0.510. The molecule has 0 amide bonds. The van der Waals surface area contributed by atoms with E-state index >= 15 is 0 Å². The van der Waals surface area contributed by atoms with Crippen LogP contribution in [0.1, 0.15) is 25.7 Å². The topological polar surface area (TPSA) is 83.7 Å². The van der Waals surface area contributed by atoms with Gasteiger partial charge in [-0.2, -0.15) is 0 Å². The van der Waals surface area contributed by atoms with Gasteiger partial charge in [-0.25, -0.2) is 8.42 Å². The van der Waals surface area contributed by atoms with Crippen LogP contribution in [0.3, 0.4) is 0 Å². The lowest BCUT2D eigenvalue weighted by Crippen LogP contribution is -2.37. The van der Waals surface area contributed by atoms with Gasteiger partial charge in [-0.1, -0.05) is 24.4 Å². The molecule has 0 aromatic heterocycles. The molecule has 0 heterocycles. The standard InChI is InChI=1S/C15H23N3O3S3/c1-17(14(22)10-3-4-10)8-12(19)13(7-16)24(20,21)9-18(2)15(23)11-5-6-11/h7,10-11H,3-6,8-9,16H2,1-2H3. The number of nitrogens with zero attached hydrogens (tertiary/aromatic N) is 2. The van der Waals surface area contributed by atoms with E-state index in [0.29, 0.717) is 15.9 Å². The highest BCUT2D eigenvalue weighted by atomic mass is 32.2. The molecule has 0 atom stereocenters. The van der Waals surface area contributed by atoms with Gasteiger partial charge >= 0.3 is 0 Å². The smallest absolute Gasteiger partial charge is 0.201 e. The van der Waals surface area contributed by atoms with Crippen molar-refractivity contribution in [2.75, 3.05) is 26.5 Å². The van der Waals surface area contributed by atoms with Gasteiger partial charge in [-0.15, -0.1) is 0 Å². The van der Waals surface area contributed by atoms with Gasteiger partial charge in [0.25, 0.3) is 0 Å². The normalized spacial score (nSPS) is 18.2. The fourth-order valence-corrected chi connectivity index (χ4v) is 4.50. The van der Waals surface area contributed by atoms with Crippen LogP contribution in [0.2, 0.25) is 0 Å². The van der Waals surface area contributed by atoms with Gasteiger partial charge in [0.15, 0.2) is 5.78 Å². The lowest BCUT2D eigenvalue weighted by Gasteiger charge is -2.22. The molecule has 0 aromatic carbocycles. The molecule has 0 radical (unpaired) electrons. The molecule has 0 bridgehead atoms. The molecule has 0 unspecified atom stereocenters. The highest BCUT2D eigenvalue weighted by molar-refractivity contribution is 7.96. The number of hydrogen-bond acceptors (Lipinski definition) is 6. The minimum atomic E-state index is -3.84. The van der Waals surface area contributed by atoms with E-state index in [0.717, 1.165) is 31.9 Å². The van der Waals surface area contributed by atoms with Crippen LogP contribution in [0.4, 0.5) is 0 Å². The fourth-order valence-electron chi connectivity index (χ4n) is 2.41. The Morgan fingerprint density at radius 1 is 1.08 bits per heavy atom. The molecule has 24 heavy (non-hydrogen) atoms. The maximum Gasteiger partial charge on any atom is 0.201 e. The fraction of sp³-hybridized carbons (Fsp3) is 0.667. The van der Waals surface area contributed by atoms with Gasteiger partial charge in [0.1, 0.15) is 10.8 Å². The number of nitrogens with two attached hydrogens (primary N) is 1. The van der Waals surface area contributed by atoms with Crippen LogP contribution in [-0.2, 0) is 14.6 Å². The molecule has 0 aliphatic heterocycles. The Hall–Kier alpha value is -1.06. The molecule has 2 aliphatic carbocycles. The zero-order valence-electron chi connectivity index (χ0n) is 13.9. The van der Waals surface area contributed by atoms with Gasteiger partial charge in [-0.05, 0) is 25.7 Å². The molecule has 2 N–H and O–H groups in total. The molecule has 6 nitrogen and oxygen atoms in total. The van der Waals surface area contributed by atoms with Crippen molar-refractivity contribution < 1.29 is 13.2 Å². The summed E-state index contributed by atoms with van der Waals surface area (Å²) < 4.78 is 25.1. The Labute approximate surface area is 154 Å². The van der Waals surface area contributed by atoms with Gasteiger partial charge in [0.2, 0.25) is 9.84 Å². The summed E-state index contributed by atoms with van der Waals surface area (Å²) in [6.45, 7) is -0.0889. The van der Waals surface area contributed by atoms with Gasteiger partial charge in [-0.3, -0.25) is 4.79 Å². The number of hydrogen-bond donors (Lipinski definition) is 1. The van der Waals surface area contributed by atoms with E-state index in [1.807, 2.05) is 0 Å². The summed E-state index contributed by atoms with van der Waals surface area (Å²) in [6, 6.07) is 0. The van der Waals surface area contributed by atoms with Crippen molar-refractivity contribution in [1.29, 1.82) is 0 Å². The van der Waals surface area contributed by atoms with Crippen LogP contribution in [0.5, 0.6) is 0 Å². The second-order valence-corrected chi connectivity index (χ2v) is 9.24. The first-order valence-electron chi connectivity index (χ1n) is 7.85. The van der Waals surface area contributed by atoms with Crippen molar-refractivity contribution in [3.05, 3.63) is 11.1 Å². The van der Waals surface area contributed by atoms with Crippen molar-refractivity contribution in [2.24, 2.45) is 17.6 Å². The Morgan fingerprint density at radius 3 is 1.96 bits per heavy atom. The Kier molecular flexibility index (Phi) is 5.98. The third-order valence-corrected chi connectivity index (χ3v) is 7.16. The molecule has 134 valence electrons. The maximum atomic E-state index is 12.5. The summed E-state index contributed by atoms with van der Waals surface area (Å²) in [5, 5.41) is 0. The SMILES string of the molecule is CN(CC(=O)C(=CN)S(=O)(=O)CN(C)C(=S)C1CC1)C(=S)C1CC1. The Bertz CT molecular complexity index is 679. The molecule has 0 saturated heterocycles. The third kappa shape index (κ3) is 4.73. The zero-order valence-corrected chi connectivity index (χ0v) is 16.3. The highest BCUT2D eigenvalue weighted by Gasteiger charge is 2.34. The Morgan fingerprint density at radius 2 is 1.54 bits per heavy atom. The van der Waals surface area contributed by atoms with Crippen molar-refractivity contribution in [2.45, 2.75) is 25.7 Å². The van der Waals surface area contributed by atoms with Crippen molar-refractivity contribution >= 4 is 50.0 Å². The van der Waals surface area contributed by atoms with E-state index in [-0.39, 0.29) is 23.2 Å². The molecule has 0 spiro atoms. The predicted molar refractivity (Wildman–Crippen MR) is 102 cm³/mol. The number of sulfone groups is 1. The van der Waals surface area contributed by atoms with Gasteiger partial charge in [0, 0.05) is 32.1 Å². The largest absolute Gasteiger partial charge is 0.403 e. The molecular weight excluding hydrogens is 366 g/mol. The summed E-state index contributed by atoms with van der Waals surface area (Å²) in [6.07, 6.45) is 4.91. The molecule has 2 rings (SSSR count). The maximum absolute atomic E-state index is 12.5. The number of ketones is 1. The molecule has 9 heteroatoms. The van der Waals surface area contributed by atoms with Crippen LogP contribution in [0, 0.1) is 11.8 Å². The molecular formula is C15H23N3O3S3. The number of carbonyl (C=O) groups excluding carboxylic acids is 1. The van der Waals surface area contributed by atoms with Crippen LogP contribution < -0.4 is 5.73 Å². The third-order valence-electron chi connectivity index (χ3n) is 4.11. The summed E-state index contributed by atoms with van der Waals surface area (Å²) in [5.41, 5.74) is 5.44. The molecule has 2 saturated carbocycles. The first-order chi connectivity index (χ1) is 11.2. The van der Waals surface area contributed by atoms with E-state index in [9.17, 15) is 13.2 Å². The summed E-state index contributed by atoms with van der Waals surface area (Å²) in [4.78, 5) is 16.5. The molecule has 2 aliphatic rings. The predicted octanol–water partition coefficient (Wildman–Crippen LogP) is 1.07. The number of carbonyl (C=O) groups is 1. The second-order valence-electron chi connectivity index (χ2n) is 6.48. The van der Waals surface area contributed by atoms with Gasteiger partial charge in [0.05, 0.1) is 16.5 Å². The van der Waals surface area contributed by atoms with E-state index in [4.69, 9.17) is 30.2 Å². The number of Topliss-reactive ketones (excluding diaryl/α,β-unsaturated/α-hetero) is 1. The average molecular weight is 390 g/mol. The van der Waals surface area contributed by atoms with E-state index in [1.54, 1.807) is 19.0 Å². The minimum Gasteiger partial charge on any atom is -0.403 e. The van der Waals surface area contributed by atoms with Crippen LogP contribution in [0.25, 0.3) is 0 Å². The van der Waals surface area contributed by atoms with Crippen LogP contribution in [0.15, 0.2) is 11.1 Å². The second kappa shape index (κ2) is 7.45. The number of likely N-dealkylation sites (N-methyl/N-ethyl adjacent to an activating group) is 1. The van der Waals surface area contributed by atoms with Gasteiger partial charge < -0.3 is 15.5 Å². The molecule has 0 aromatic rings.